The first-order valence-corrected chi connectivity index (χ1v) is 6.79. The molecule has 0 aliphatic carbocycles. The van der Waals surface area contributed by atoms with E-state index in [4.69, 9.17) is 5.11 Å². The molecule has 2 unspecified atom stereocenters. The third kappa shape index (κ3) is 1.83. The summed E-state index contributed by atoms with van der Waals surface area (Å²) < 4.78 is 0. The van der Waals surface area contributed by atoms with E-state index < -0.39 is 6.09 Å². The fourth-order valence-corrected chi connectivity index (χ4v) is 3.86. The molecule has 2 fully saturated rings. The summed E-state index contributed by atoms with van der Waals surface area (Å²) in [4.78, 5) is 16.4. The lowest BCUT2D eigenvalue weighted by Crippen LogP contribution is -2.47. The van der Waals surface area contributed by atoms with Gasteiger partial charge in [0.15, 0.2) is 0 Å². The van der Waals surface area contributed by atoms with Gasteiger partial charge in [-0.05, 0) is 30.4 Å². The monoisotopic (exact) mass is 252 g/mol. The minimum atomic E-state index is -0.760. The number of carbonyl (C=O) groups is 1. The van der Waals surface area contributed by atoms with Gasteiger partial charge in [0.05, 0.1) is 0 Å². The summed E-state index contributed by atoms with van der Waals surface area (Å²) in [5, 5.41) is 11.2. The van der Waals surface area contributed by atoms with Gasteiger partial charge >= 0.3 is 6.09 Å². The maximum absolute atomic E-state index is 11.0. The molecule has 2 bridgehead atoms. The van der Waals surface area contributed by atoms with Crippen molar-refractivity contribution in [2.45, 2.75) is 32.0 Å². The predicted octanol–water partition coefficient (Wildman–Crippen LogP) is 1.99. The molecule has 0 aromatic carbocycles. The smallest absolute Gasteiger partial charge is 0.407 e. The minimum absolute atomic E-state index is 0.220. The summed E-state index contributed by atoms with van der Waals surface area (Å²) in [5.74, 6) is 0. The first-order valence-electron chi connectivity index (χ1n) is 5.91. The Bertz CT molecular complexity index is 445. The molecule has 3 heterocycles. The van der Waals surface area contributed by atoms with Gasteiger partial charge in [0.1, 0.15) is 0 Å². The van der Waals surface area contributed by atoms with Crippen LogP contribution in [-0.2, 0) is 6.54 Å². The summed E-state index contributed by atoms with van der Waals surface area (Å²) in [5.41, 5.74) is 1.35. The molecule has 1 aromatic rings. The van der Waals surface area contributed by atoms with E-state index in [1.54, 1.807) is 16.2 Å². The average Bonchev–Trinajstić information content (AvgIpc) is 2.94. The van der Waals surface area contributed by atoms with Gasteiger partial charge in [-0.2, -0.15) is 0 Å². The van der Waals surface area contributed by atoms with E-state index in [1.807, 2.05) is 0 Å². The third-order valence-electron chi connectivity index (χ3n) is 3.91. The van der Waals surface area contributed by atoms with E-state index >= 15 is 0 Å². The predicted molar refractivity (Wildman–Crippen MR) is 66.4 cm³/mol. The SMILES string of the molecule is Cc1ccsc1CN1CC2CC1CN2C(=O)O. The van der Waals surface area contributed by atoms with Crippen molar-refractivity contribution in [3.8, 4) is 0 Å². The standard InChI is InChI=1S/C12H16N2O2S/c1-8-2-3-17-11(8)7-13-5-10-4-9(13)6-14(10)12(15)16/h2-3,9-10H,4-7H2,1H3,(H,15,16). The van der Waals surface area contributed by atoms with Crippen LogP contribution in [-0.4, -0.2) is 46.2 Å². The zero-order chi connectivity index (χ0) is 12.0. The highest BCUT2D eigenvalue weighted by Crippen LogP contribution is 2.32. The molecule has 2 aliphatic rings. The van der Waals surface area contributed by atoms with Crippen LogP contribution in [0.1, 0.15) is 16.9 Å². The number of likely N-dealkylation sites (tertiary alicyclic amines) is 2. The van der Waals surface area contributed by atoms with Gasteiger partial charge in [0.2, 0.25) is 0 Å². The van der Waals surface area contributed by atoms with Gasteiger partial charge in [-0.3, -0.25) is 4.90 Å². The quantitative estimate of drug-likeness (QED) is 0.875. The third-order valence-corrected chi connectivity index (χ3v) is 4.92. The Morgan fingerprint density at radius 3 is 2.88 bits per heavy atom. The van der Waals surface area contributed by atoms with Crippen molar-refractivity contribution < 1.29 is 9.90 Å². The summed E-state index contributed by atoms with van der Waals surface area (Å²) in [6.07, 6.45) is 0.251. The lowest BCUT2D eigenvalue weighted by molar-refractivity contribution is 0.101. The fourth-order valence-electron chi connectivity index (χ4n) is 2.93. The molecule has 0 saturated carbocycles. The van der Waals surface area contributed by atoms with Crippen molar-refractivity contribution in [1.82, 2.24) is 9.80 Å². The molecule has 1 amide bonds. The van der Waals surface area contributed by atoms with E-state index in [-0.39, 0.29) is 6.04 Å². The van der Waals surface area contributed by atoms with Crippen LogP contribution >= 0.6 is 11.3 Å². The number of hydrogen-bond acceptors (Lipinski definition) is 3. The van der Waals surface area contributed by atoms with Crippen molar-refractivity contribution in [2.75, 3.05) is 13.1 Å². The molecular weight excluding hydrogens is 236 g/mol. The van der Waals surface area contributed by atoms with Crippen molar-refractivity contribution in [1.29, 1.82) is 0 Å². The average molecular weight is 252 g/mol. The van der Waals surface area contributed by atoms with Gasteiger partial charge in [-0.25, -0.2) is 4.79 Å². The zero-order valence-corrected chi connectivity index (χ0v) is 10.6. The number of carboxylic acid groups (broad SMARTS) is 1. The molecule has 17 heavy (non-hydrogen) atoms. The van der Waals surface area contributed by atoms with E-state index in [1.165, 1.54) is 10.4 Å². The summed E-state index contributed by atoms with van der Waals surface area (Å²) in [7, 11) is 0. The molecule has 2 atom stereocenters. The van der Waals surface area contributed by atoms with Crippen LogP contribution in [0.15, 0.2) is 11.4 Å². The second kappa shape index (κ2) is 3.99. The molecule has 2 aliphatic heterocycles. The molecule has 2 saturated heterocycles. The van der Waals surface area contributed by atoms with E-state index in [2.05, 4.69) is 23.3 Å². The second-order valence-electron chi connectivity index (χ2n) is 4.93. The summed E-state index contributed by atoms with van der Waals surface area (Å²) in [6.45, 7) is 4.71. The van der Waals surface area contributed by atoms with Gasteiger partial charge in [0.25, 0.3) is 0 Å². The van der Waals surface area contributed by atoms with Gasteiger partial charge < -0.3 is 10.0 Å². The van der Waals surface area contributed by atoms with Crippen molar-refractivity contribution >= 4 is 17.4 Å². The molecule has 4 nitrogen and oxygen atoms in total. The van der Waals surface area contributed by atoms with Crippen LogP contribution in [0.2, 0.25) is 0 Å². The lowest BCUT2D eigenvalue weighted by atomic mass is 10.2. The first kappa shape index (κ1) is 11.0. The van der Waals surface area contributed by atoms with Gasteiger partial charge in [-0.1, -0.05) is 0 Å². The van der Waals surface area contributed by atoms with Crippen molar-refractivity contribution in [3.05, 3.63) is 21.9 Å². The Hall–Kier alpha value is -1.07. The fraction of sp³-hybridized carbons (Fsp3) is 0.583. The molecule has 0 spiro atoms. The van der Waals surface area contributed by atoms with Crippen LogP contribution in [0.5, 0.6) is 0 Å². The number of amides is 1. The van der Waals surface area contributed by atoms with Crippen molar-refractivity contribution in [2.24, 2.45) is 0 Å². The number of rotatable bonds is 2. The number of hydrogen-bond donors (Lipinski definition) is 1. The Balaban J connectivity index is 1.67. The molecule has 5 heteroatoms. The summed E-state index contributed by atoms with van der Waals surface area (Å²) in [6, 6.07) is 2.80. The highest BCUT2D eigenvalue weighted by molar-refractivity contribution is 7.10. The van der Waals surface area contributed by atoms with Gasteiger partial charge in [0, 0.05) is 36.6 Å². The molecule has 92 valence electrons. The Labute approximate surface area is 104 Å². The van der Waals surface area contributed by atoms with Crippen LogP contribution in [0.25, 0.3) is 0 Å². The van der Waals surface area contributed by atoms with Crippen LogP contribution in [0.4, 0.5) is 4.79 Å². The minimum Gasteiger partial charge on any atom is -0.465 e. The first-order chi connectivity index (χ1) is 8.15. The lowest BCUT2D eigenvalue weighted by Gasteiger charge is -2.32. The number of aryl methyl sites for hydroxylation is 1. The Morgan fingerprint density at radius 2 is 2.35 bits per heavy atom. The van der Waals surface area contributed by atoms with Crippen LogP contribution in [0, 0.1) is 6.92 Å². The van der Waals surface area contributed by atoms with E-state index in [0.717, 1.165) is 19.5 Å². The zero-order valence-electron chi connectivity index (χ0n) is 9.80. The van der Waals surface area contributed by atoms with Crippen LogP contribution in [0.3, 0.4) is 0 Å². The highest BCUT2D eigenvalue weighted by atomic mass is 32.1. The molecule has 3 rings (SSSR count). The van der Waals surface area contributed by atoms with Gasteiger partial charge in [-0.15, -0.1) is 11.3 Å². The Kier molecular flexibility index (Phi) is 2.60. The Morgan fingerprint density at radius 1 is 1.53 bits per heavy atom. The number of piperazine rings is 1. The number of nitrogens with zero attached hydrogens (tertiary/aromatic N) is 2. The topological polar surface area (TPSA) is 43.8 Å². The van der Waals surface area contributed by atoms with Crippen LogP contribution < -0.4 is 0 Å². The maximum atomic E-state index is 11.0. The largest absolute Gasteiger partial charge is 0.465 e. The van der Waals surface area contributed by atoms with E-state index in [9.17, 15) is 4.79 Å². The number of fused-ring (bicyclic) bond motifs is 2. The van der Waals surface area contributed by atoms with E-state index in [0.29, 0.717) is 12.6 Å². The molecule has 0 radical (unpaired) electrons. The molecular formula is C12H16N2O2S. The second-order valence-corrected chi connectivity index (χ2v) is 5.94. The molecule has 1 aromatic heterocycles. The molecule has 1 N–H and O–H groups in total. The number of thiophene rings is 1. The van der Waals surface area contributed by atoms with Crippen molar-refractivity contribution in [3.63, 3.8) is 0 Å². The normalized spacial score (nSPS) is 27.9. The highest BCUT2D eigenvalue weighted by Gasteiger charge is 2.45. The maximum Gasteiger partial charge on any atom is 0.407 e. The summed E-state index contributed by atoms with van der Waals surface area (Å²) >= 11 is 1.80.